The van der Waals surface area contributed by atoms with Crippen LogP contribution in [0.1, 0.15) is 35.1 Å². The molecule has 0 saturated carbocycles. The van der Waals surface area contributed by atoms with E-state index in [4.69, 9.17) is 9.47 Å². The molecule has 0 bridgehead atoms. The molecule has 2 N–H and O–H groups in total. The number of ether oxygens (including phenoxy) is 2. The van der Waals surface area contributed by atoms with Gasteiger partial charge in [0.1, 0.15) is 22.8 Å². The lowest BCUT2D eigenvalue weighted by Gasteiger charge is -2.33. The van der Waals surface area contributed by atoms with Crippen LogP contribution in [-0.4, -0.2) is 29.0 Å². The zero-order valence-corrected chi connectivity index (χ0v) is 14.5. The predicted molar refractivity (Wildman–Crippen MR) is 96.4 cm³/mol. The van der Waals surface area contributed by atoms with E-state index < -0.39 is 5.60 Å². The van der Waals surface area contributed by atoms with Gasteiger partial charge in [-0.15, -0.1) is 0 Å². The monoisotopic (exact) mass is 338 g/mol. The summed E-state index contributed by atoms with van der Waals surface area (Å²) in [6, 6.07) is 9.75. The molecular weight excluding hydrogens is 316 g/mol. The summed E-state index contributed by atoms with van der Waals surface area (Å²) in [6.07, 6.45) is 4.65. The van der Waals surface area contributed by atoms with Crippen LogP contribution in [0.15, 0.2) is 36.4 Å². The number of aliphatic hydroxyl groups excluding tert-OH is 1. The third-order valence-electron chi connectivity index (χ3n) is 5.02. The summed E-state index contributed by atoms with van der Waals surface area (Å²) in [5.74, 6) is 2.03. The summed E-state index contributed by atoms with van der Waals surface area (Å²) in [5, 5.41) is 19.7. The Labute approximate surface area is 147 Å². The van der Waals surface area contributed by atoms with E-state index in [-0.39, 0.29) is 12.5 Å². The van der Waals surface area contributed by atoms with Gasteiger partial charge < -0.3 is 19.7 Å². The maximum atomic E-state index is 10.3. The molecule has 0 amide bonds. The summed E-state index contributed by atoms with van der Waals surface area (Å²) in [5.41, 5.74) is 3.31. The lowest BCUT2D eigenvalue weighted by Crippen LogP contribution is -2.36. The van der Waals surface area contributed by atoms with Gasteiger partial charge in [-0.3, -0.25) is 0 Å². The van der Waals surface area contributed by atoms with E-state index >= 15 is 0 Å². The molecule has 0 aliphatic carbocycles. The molecule has 4 rings (SSSR count). The zero-order chi connectivity index (χ0) is 17.6. The summed E-state index contributed by atoms with van der Waals surface area (Å²) < 4.78 is 12.0. The fourth-order valence-corrected chi connectivity index (χ4v) is 3.54. The maximum absolute atomic E-state index is 10.3. The number of hydrogen-bond donors (Lipinski definition) is 2. The van der Waals surface area contributed by atoms with E-state index in [9.17, 15) is 10.2 Å². The Morgan fingerprint density at radius 1 is 1.24 bits per heavy atom. The molecule has 2 heterocycles. The van der Waals surface area contributed by atoms with E-state index in [1.54, 1.807) is 6.07 Å². The van der Waals surface area contributed by atoms with Crippen LogP contribution in [0.25, 0.3) is 6.08 Å². The van der Waals surface area contributed by atoms with Gasteiger partial charge in [0.15, 0.2) is 0 Å². The normalized spacial score (nSPS) is 24.0. The first kappa shape index (κ1) is 16.0. The molecular formula is C21H22O4. The van der Waals surface area contributed by atoms with Gasteiger partial charge in [-0.1, -0.05) is 18.2 Å². The lowest BCUT2D eigenvalue weighted by atomic mass is 9.87. The summed E-state index contributed by atoms with van der Waals surface area (Å²) >= 11 is 0. The second-order valence-electron chi connectivity index (χ2n) is 7.15. The molecule has 2 atom stereocenters. The highest BCUT2D eigenvalue weighted by Gasteiger charge is 2.31. The van der Waals surface area contributed by atoms with Gasteiger partial charge in [0.25, 0.3) is 0 Å². The molecule has 2 unspecified atom stereocenters. The van der Waals surface area contributed by atoms with Crippen LogP contribution in [0.5, 0.6) is 17.2 Å². The average Bonchev–Trinajstić information content (AvgIpc) is 2.61. The first-order valence-corrected chi connectivity index (χ1v) is 8.56. The van der Waals surface area contributed by atoms with E-state index in [1.807, 2.05) is 50.3 Å². The van der Waals surface area contributed by atoms with Crippen molar-refractivity contribution in [1.82, 2.24) is 0 Å². The molecule has 4 nitrogen and oxygen atoms in total. The Balaban J connectivity index is 1.66. The Morgan fingerprint density at radius 2 is 2.08 bits per heavy atom. The molecule has 25 heavy (non-hydrogen) atoms. The predicted octanol–water partition coefficient (Wildman–Crippen LogP) is 3.58. The first-order valence-electron chi connectivity index (χ1n) is 8.56. The average molecular weight is 338 g/mol. The van der Waals surface area contributed by atoms with Crippen LogP contribution in [0.2, 0.25) is 0 Å². The highest BCUT2D eigenvalue weighted by Crippen LogP contribution is 2.44. The Kier molecular flexibility index (Phi) is 3.73. The van der Waals surface area contributed by atoms with Gasteiger partial charge in [-0.25, -0.2) is 0 Å². The fourth-order valence-electron chi connectivity index (χ4n) is 3.54. The maximum Gasteiger partial charge on any atom is 0.148 e. The smallest absolute Gasteiger partial charge is 0.148 e. The van der Waals surface area contributed by atoms with Gasteiger partial charge in [-0.05, 0) is 55.7 Å². The van der Waals surface area contributed by atoms with Crippen molar-refractivity contribution in [2.75, 3.05) is 13.2 Å². The highest BCUT2D eigenvalue weighted by atomic mass is 16.5. The number of phenolic OH excluding ortho intramolecular Hbond substituents is 1. The van der Waals surface area contributed by atoms with Crippen LogP contribution in [-0.2, 0) is 6.42 Å². The molecule has 2 aliphatic heterocycles. The molecule has 2 aliphatic rings. The molecule has 0 radical (unpaired) electrons. The van der Waals surface area contributed by atoms with Crippen molar-refractivity contribution in [3.63, 3.8) is 0 Å². The largest absolute Gasteiger partial charge is 0.508 e. The molecule has 0 fully saturated rings. The molecule has 2 aromatic carbocycles. The third-order valence-corrected chi connectivity index (χ3v) is 5.02. The summed E-state index contributed by atoms with van der Waals surface area (Å²) in [7, 11) is 0. The minimum atomic E-state index is -0.688. The van der Waals surface area contributed by atoms with Gasteiger partial charge in [0, 0.05) is 11.5 Å². The van der Waals surface area contributed by atoms with Gasteiger partial charge >= 0.3 is 0 Å². The second-order valence-corrected chi connectivity index (χ2v) is 7.15. The SMILES string of the molecule is Cc1ccc(C2COc3c(ccc4c3C=CC(C)(CO)O4)C2)c(O)c1. The molecule has 130 valence electrons. The molecule has 4 heteroatoms. The standard InChI is InChI=1S/C21H22O4/c1-13-3-5-16(18(23)9-13)15-10-14-4-6-19-17(20(14)24-11-15)7-8-21(2,12-22)25-19/h3-9,15,22-23H,10-12H2,1-2H3. The van der Waals surface area contributed by atoms with Crippen LogP contribution >= 0.6 is 0 Å². The minimum absolute atomic E-state index is 0.0738. The third kappa shape index (κ3) is 2.76. The molecule has 0 spiro atoms. The molecule has 0 saturated heterocycles. The Morgan fingerprint density at radius 3 is 2.84 bits per heavy atom. The first-order chi connectivity index (χ1) is 12.0. The van der Waals surface area contributed by atoms with Crippen molar-refractivity contribution in [1.29, 1.82) is 0 Å². The number of phenols is 1. The second kappa shape index (κ2) is 5.81. The van der Waals surface area contributed by atoms with Crippen molar-refractivity contribution in [3.8, 4) is 17.2 Å². The number of aryl methyl sites for hydroxylation is 1. The van der Waals surface area contributed by atoms with E-state index in [1.165, 1.54) is 0 Å². The Hall–Kier alpha value is -2.46. The highest BCUT2D eigenvalue weighted by molar-refractivity contribution is 5.69. The summed E-state index contributed by atoms with van der Waals surface area (Å²) in [6.45, 7) is 4.26. The van der Waals surface area contributed by atoms with Crippen molar-refractivity contribution < 1.29 is 19.7 Å². The van der Waals surface area contributed by atoms with Gasteiger partial charge in [0.2, 0.25) is 0 Å². The van der Waals surface area contributed by atoms with Crippen molar-refractivity contribution in [3.05, 3.63) is 58.7 Å². The number of aliphatic hydroxyl groups is 1. The number of fused-ring (bicyclic) bond motifs is 3. The van der Waals surface area contributed by atoms with Crippen LogP contribution in [0.4, 0.5) is 0 Å². The number of aromatic hydroxyl groups is 1. The molecule has 0 aromatic heterocycles. The fraction of sp³-hybridized carbons (Fsp3) is 0.333. The van der Waals surface area contributed by atoms with E-state index in [0.717, 1.165) is 40.2 Å². The number of benzene rings is 2. The van der Waals surface area contributed by atoms with Crippen LogP contribution in [0, 0.1) is 6.92 Å². The summed E-state index contributed by atoms with van der Waals surface area (Å²) in [4.78, 5) is 0. The zero-order valence-electron chi connectivity index (χ0n) is 14.5. The topological polar surface area (TPSA) is 58.9 Å². The quantitative estimate of drug-likeness (QED) is 0.879. The van der Waals surface area contributed by atoms with Gasteiger partial charge in [0.05, 0.1) is 18.8 Å². The van der Waals surface area contributed by atoms with Crippen molar-refractivity contribution in [2.45, 2.75) is 31.8 Å². The number of rotatable bonds is 2. The van der Waals surface area contributed by atoms with E-state index in [2.05, 4.69) is 0 Å². The molecule has 2 aromatic rings. The number of hydrogen-bond acceptors (Lipinski definition) is 4. The van der Waals surface area contributed by atoms with E-state index in [0.29, 0.717) is 12.4 Å². The Bertz CT molecular complexity index is 855. The van der Waals surface area contributed by atoms with Crippen molar-refractivity contribution >= 4 is 6.08 Å². The van der Waals surface area contributed by atoms with Crippen LogP contribution in [0.3, 0.4) is 0 Å². The van der Waals surface area contributed by atoms with Gasteiger partial charge in [-0.2, -0.15) is 0 Å². The van der Waals surface area contributed by atoms with Crippen LogP contribution < -0.4 is 9.47 Å². The lowest BCUT2D eigenvalue weighted by molar-refractivity contribution is 0.0635. The minimum Gasteiger partial charge on any atom is -0.508 e. The van der Waals surface area contributed by atoms with Crippen molar-refractivity contribution in [2.24, 2.45) is 0 Å².